The maximum absolute atomic E-state index is 11.9. The number of aromatic nitrogens is 1. The monoisotopic (exact) mass is 529 g/mol. The van der Waals surface area contributed by atoms with Gasteiger partial charge in [0.2, 0.25) is 0 Å². The van der Waals surface area contributed by atoms with Gasteiger partial charge in [0.25, 0.3) is 0 Å². The summed E-state index contributed by atoms with van der Waals surface area (Å²) in [6.45, 7) is 9.18. The van der Waals surface area contributed by atoms with Crippen molar-refractivity contribution < 1.29 is 14.6 Å². The fourth-order valence-corrected chi connectivity index (χ4v) is 7.50. The number of carboxylic acids is 1. The molecule has 6 rings (SSSR count). The lowest BCUT2D eigenvalue weighted by molar-refractivity contribution is 0.0697. The van der Waals surface area contributed by atoms with E-state index in [1.165, 1.54) is 84.9 Å². The second kappa shape index (κ2) is 11.3. The first-order valence-corrected chi connectivity index (χ1v) is 15.0. The summed E-state index contributed by atoms with van der Waals surface area (Å²) in [4.78, 5) is 17.2. The number of methoxy groups -OCH3 is 1. The minimum Gasteiger partial charge on any atom is -0.478 e. The number of aryl methyl sites for hydroxylation is 1. The molecule has 0 bridgehead atoms. The number of anilines is 1. The largest absolute Gasteiger partial charge is 0.478 e. The second-order valence-electron chi connectivity index (χ2n) is 12.1. The van der Waals surface area contributed by atoms with Crippen molar-refractivity contribution in [2.45, 2.75) is 64.3 Å². The molecule has 2 aliphatic heterocycles. The van der Waals surface area contributed by atoms with Crippen LogP contribution in [0, 0.1) is 12.8 Å². The topological polar surface area (TPSA) is 57.9 Å². The van der Waals surface area contributed by atoms with Crippen molar-refractivity contribution in [1.82, 2.24) is 9.47 Å². The van der Waals surface area contributed by atoms with Crippen LogP contribution >= 0.6 is 0 Å². The van der Waals surface area contributed by atoms with Crippen molar-refractivity contribution in [2.24, 2.45) is 5.92 Å². The van der Waals surface area contributed by atoms with E-state index in [1.54, 1.807) is 6.07 Å². The van der Waals surface area contributed by atoms with Crippen molar-refractivity contribution in [3.8, 4) is 11.3 Å². The van der Waals surface area contributed by atoms with Gasteiger partial charge in [-0.25, -0.2) is 4.79 Å². The van der Waals surface area contributed by atoms with Crippen molar-refractivity contribution in [2.75, 3.05) is 51.3 Å². The fourth-order valence-electron chi connectivity index (χ4n) is 7.50. The third-order valence-corrected chi connectivity index (χ3v) is 9.40. The normalized spacial score (nSPS) is 20.6. The number of hydrogen-bond donors (Lipinski definition) is 1. The molecule has 3 aromatic rings. The average Bonchev–Trinajstić information content (AvgIpc) is 3.18. The molecule has 6 nitrogen and oxygen atoms in total. The molecule has 208 valence electrons. The van der Waals surface area contributed by atoms with E-state index in [0.717, 1.165) is 44.8 Å². The summed E-state index contributed by atoms with van der Waals surface area (Å²) < 4.78 is 7.92. The Kier molecular flexibility index (Phi) is 7.68. The maximum Gasteiger partial charge on any atom is 0.335 e. The Morgan fingerprint density at radius 3 is 2.62 bits per heavy atom. The van der Waals surface area contributed by atoms with Gasteiger partial charge in [0.1, 0.15) is 0 Å². The molecule has 6 heteroatoms. The van der Waals surface area contributed by atoms with Crippen LogP contribution in [-0.2, 0) is 11.3 Å². The molecule has 0 radical (unpaired) electrons. The van der Waals surface area contributed by atoms with Gasteiger partial charge in [-0.05, 0) is 80.3 Å². The Balaban J connectivity index is 1.40. The predicted octanol–water partition coefficient (Wildman–Crippen LogP) is 6.54. The molecule has 0 amide bonds. The lowest BCUT2D eigenvalue weighted by Gasteiger charge is -2.34. The zero-order valence-electron chi connectivity index (χ0n) is 23.6. The number of carboxylic acid groups (broad SMARTS) is 1. The highest BCUT2D eigenvalue weighted by atomic mass is 16.5. The molecule has 1 saturated heterocycles. The van der Waals surface area contributed by atoms with E-state index in [2.05, 4.69) is 45.6 Å². The van der Waals surface area contributed by atoms with E-state index in [1.807, 2.05) is 13.2 Å². The van der Waals surface area contributed by atoms with Gasteiger partial charge in [-0.3, -0.25) is 0 Å². The molecule has 0 unspecified atom stereocenters. The van der Waals surface area contributed by atoms with Crippen molar-refractivity contribution in [1.29, 1.82) is 0 Å². The highest BCUT2D eigenvalue weighted by molar-refractivity contribution is 5.99. The zero-order chi connectivity index (χ0) is 26.9. The summed E-state index contributed by atoms with van der Waals surface area (Å²) in [6.07, 6.45) is 8.82. The molecule has 1 atom stereocenters. The van der Waals surface area contributed by atoms with Gasteiger partial charge in [0.05, 0.1) is 17.9 Å². The highest BCUT2D eigenvalue weighted by Gasteiger charge is 2.31. The minimum atomic E-state index is -0.855. The molecule has 3 aliphatic rings. The van der Waals surface area contributed by atoms with Crippen LogP contribution in [0.2, 0.25) is 0 Å². The van der Waals surface area contributed by atoms with Crippen molar-refractivity contribution in [3.63, 3.8) is 0 Å². The Bertz CT molecular complexity index is 1340. The van der Waals surface area contributed by atoms with Gasteiger partial charge in [-0.1, -0.05) is 37.5 Å². The van der Waals surface area contributed by atoms with E-state index in [0.29, 0.717) is 17.4 Å². The van der Waals surface area contributed by atoms with E-state index in [4.69, 9.17) is 4.74 Å². The number of rotatable bonds is 7. The zero-order valence-corrected chi connectivity index (χ0v) is 23.6. The predicted molar refractivity (Wildman–Crippen MR) is 158 cm³/mol. The minimum absolute atomic E-state index is 0.374. The molecule has 1 aliphatic carbocycles. The molecule has 1 N–H and O–H groups in total. The molecule has 1 saturated carbocycles. The first kappa shape index (κ1) is 26.4. The fraction of sp³-hybridized carbons (Fsp3) is 0.545. The summed E-state index contributed by atoms with van der Waals surface area (Å²) >= 11 is 0. The van der Waals surface area contributed by atoms with Crippen LogP contribution in [0.5, 0.6) is 0 Å². The van der Waals surface area contributed by atoms with Crippen LogP contribution in [0.15, 0.2) is 36.4 Å². The number of likely N-dealkylation sites (tertiary alicyclic amines) is 1. The third kappa shape index (κ3) is 5.21. The second-order valence-corrected chi connectivity index (χ2v) is 12.1. The van der Waals surface area contributed by atoms with E-state index in [-0.39, 0.29) is 0 Å². The van der Waals surface area contributed by atoms with Crippen LogP contribution in [-0.4, -0.2) is 67.0 Å². The standard InChI is InChI=1S/C33H43N3O3/c1-23-10-12-28-29(19-23)35(16-15-34-14-6-7-24(21-34)22-39-2)17-18-36-30-20-26(33(37)38)11-13-27(30)31(32(28)36)25-8-4-3-5-9-25/h10-13,19-20,24-25H,3-9,14-18,21-22H2,1-2H3,(H,37,38)/t24-/m1/s1. The number of nitrogens with zero attached hydrogens (tertiary/aromatic N) is 3. The Labute approximate surface area is 232 Å². The van der Waals surface area contributed by atoms with Gasteiger partial charge < -0.3 is 24.2 Å². The molecular weight excluding hydrogens is 486 g/mol. The SMILES string of the molecule is COC[C@@H]1CCCN(CCN2CCn3c(c(C4CCCCC4)c4ccc(C(=O)O)cc43)-c3ccc(C)cc32)C1. The van der Waals surface area contributed by atoms with Crippen LogP contribution in [0.4, 0.5) is 5.69 Å². The number of aromatic carboxylic acids is 1. The highest BCUT2D eigenvalue weighted by Crippen LogP contribution is 2.47. The lowest BCUT2D eigenvalue weighted by atomic mass is 9.81. The Morgan fingerprint density at radius 1 is 0.974 bits per heavy atom. The molecule has 0 spiro atoms. The van der Waals surface area contributed by atoms with Gasteiger partial charge >= 0.3 is 5.97 Å². The Hall–Kier alpha value is -2.83. The lowest BCUT2D eigenvalue weighted by Crippen LogP contribution is -2.42. The van der Waals surface area contributed by atoms with Gasteiger partial charge in [-0.15, -0.1) is 0 Å². The van der Waals surface area contributed by atoms with E-state index >= 15 is 0 Å². The first-order chi connectivity index (χ1) is 19.0. The van der Waals surface area contributed by atoms with Crippen LogP contribution in [0.3, 0.4) is 0 Å². The molecule has 1 aromatic heterocycles. The molecule has 2 fully saturated rings. The van der Waals surface area contributed by atoms with Crippen molar-refractivity contribution in [3.05, 3.63) is 53.1 Å². The van der Waals surface area contributed by atoms with Gasteiger partial charge in [0, 0.05) is 62.0 Å². The maximum atomic E-state index is 11.9. The smallest absolute Gasteiger partial charge is 0.335 e. The number of fused-ring (bicyclic) bond motifs is 5. The van der Waals surface area contributed by atoms with Crippen LogP contribution in [0.25, 0.3) is 22.2 Å². The molecule has 2 aromatic carbocycles. The van der Waals surface area contributed by atoms with E-state index < -0.39 is 5.97 Å². The third-order valence-electron chi connectivity index (χ3n) is 9.40. The molecule has 39 heavy (non-hydrogen) atoms. The number of carbonyl (C=O) groups is 1. The molecular formula is C33H43N3O3. The number of ether oxygens (including phenoxy) is 1. The van der Waals surface area contributed by atoms with Crippen LogP contribution in [0.1, 0.15) is 72.3 Å². The summed E-state index contributed by atoms with van der Waals surface area (Å²) in [6, 6.07) is 12.8. The summed E-state index contributed by atoms with van der Waals surface area (Å²) in [5.41, 5.74) is 8.16. The number of hydrogen-bond acceptors (Lipinski definition) is 4. The summed E-state index contributed by atoms with van der Waals surface area (Å²) in [5.74, 6) is 0.308. The first-order valence-electron chi connectivity index (χ1n) is 15.0. The van der Waals surface area contributed by atoms with Crippen LogP contribution < -0.4 is 4.90 Å². The summed E-state index contributed by atoms with van der Waals surface area (Å²) in [7, 11) is 1.81. The average molecular weight is 530 g/mol. The van der Waals surface area contributed by atoms with Gasteiger partial charge in [0.15, 0.2) is 0 Å². The Morgan fingerprint density at radius 2 is 1.82 bits per heavy atom. The molecule has 3 heterocycles. The summed E-state index contributed by atoms with van der Waals surface area (Å²) in [5, 5.41) is 11.1. The number of benzene rings is 2. The quantitative estimate of drug-likeness (QED) is 0.377. The van der Waals surface area contributed by atoms with Crippen molar-refractivity contribution >= 4 is 22.6 Å². The van der Waals surface area contributed by atoms with Gasteiger partial charge in [-0.2, -0.15) is 0 Å². The number of piperidine rings is 1. The van der Waals surface area contributed by atoms with E-state index in [9.17, 15) is 9.90 Å².